The summed E-state index contributed by atoms with van der Waals surface area (Å²) < 4.78 is 12.6. The minimum atomic E-state index is -1.81. The molecule has 2 aliphatic rings. The Morgan fingerprint density at radius 1 is 1.15 bits per heavy atom. The standard InChI is InChI=1S/C21H33NO3Si/c1-21(2,3)26(4,5)25-18-12-11-17-13-14-24-20(22(17)15-18)19(23)16-9-7-6-8-10-16/h6-10,17-18,20H,11-15H2,1-5H3/t17-,18-,20-/m0/s1. The number of fused-ring (bicyclic) bond motifs is 1. The van der Waals surface area contributed by atoms with E-state index in [1.165, 1.54) is 0 Å². The Balaban J connectivity index is 1.73. The van der Waals surface area contributed by atoms with Crippen molar-refractivity contribution in [2.75, 3.05) is 13.2 Å². The van der Waals surface area contributed by atoms with Crippen LogP contribution in [0.4, 0.5) is 0 Å². The molecule has 0 N–H and O–H groups in total. The summed E-state index contributed by atoms with van der Waals surface area (Å²) in [7, 11) is -1.81. The first-order valence-electron chi connectivity index (χ1n) is 9.83. The molecule has 3 rings (SSSR count). The molecule has 144 valence electrons. The maximum absolute atomic E-state index is 13.0. The van der Waals surface area contributed by atoms with Crippen molar-refractivity contribution in [2.45, 2.75) is 76.5 Å². The van der Waals surface area contributed by atoms with Crippen molar-refractivity contribution in [3.05, 3.63) is 35.9 Å². The molecular weight excluding hydrogens is 342 g/mol. The minimum absolute atomic E-state index is 0.0725. The molecule has 0 saturated carbocycles. The summed E-state index contributed by atoms with van der Waals surface area (Å²) in [6.45, 7) is 12.9. The van der Waals surface area contributed by atoms with Crippen LogP contribution in [0.3, 0.4) is 0 Å². The second-order valence-corrected chi connectivity index (χ2v) is 13.9. The second-order valence-electron chi connectivity index (χ2n) is 9.17. The van der Waals surface area contributed by atoms with Gasteiger partial charge in [0.1, 0.15) is 0 Å². The lowest BCUT2D eigenvalue weighted by atomic mass is 9.94. The van der Waals surface area contributed by atoms with Crippen LogP contribution < -0.4 is 0 Å². The molecule has 0 aliphatic carbocycles. The van der Waals surface area contributed by atoms with Crippen molar-refractivity contribution in [1.29, 1.82) is 0 Å². The first-order valence-corrected chi connectivity index (χ1v) is 12.7. The Bertz CT molecular complexity index is 626. The molecule has 26 heavy (non-hydrogen) atoms. The molecule has 4 nitrogen and oxygen atoms in total. The fourth-order valence-electron chi connectivity index (χ4n) is 3.69. The van der Waals surface area contributed by atoms with Crippen LogP contribution in [0.25, 0.3) is 0 Å². The summed E-state index contributed by atoms with van der Waals surface area (Å²) in [5.41, 5.74) is 0.727. The van der Waals surface area contributed by atoms with E-state index < -0.39 is 14.5 Å². The summed E-state index contributed by atoms with van der Waals surface area (Å²) in [5, 5.41) is 0.196. The predicted octanol–water partition coefficient (Wildman–Crippen LogP) is 4.47. The SMILES string of the molecule is CC(C)(C)[Si](C)(C)O[C@H]1CC[C@H]2CCO[C@@H](C(=O)c3ccccc3)N2C1. The van der Waals surface area contributed by atoms with Gasteiger partial charge < -0.3 is 9.16 Å². The lowest BCUT2D eigenvalue weighted by Gasteiger charge is -2.48. The lowest BCUT2D eigenvalue weighted by Crippen LogP contribution is -2.59. The number of piperidine rings is 1. The number of hydrogen-bond acceptors (Lipinski definition) is 4. The van der Waals surface area contributed by atoms with Crippen LogP contribution in [-0.4, -0.2) is 50.5 Å². The summed E-state index contributed by atoms with van der Waals surface area (Å²) >= 11 is 0. The number of carbonyl (C=O) groups is 1. The summed E-state index contributed by atoms with van der Waals surface area (Å²) in [5.74, 6) is 0.0725. The smallest absolute Gasteiger partial charge is 0.206 e. The zero-order chi connectivity index (χ0) is 18.9. The van der Waals surface area contributed by atoms with Crippen molar-refractivity contribution in [3.63, 3.8) is 0 Å². The van der Waals surface area contributed by atoms with Gasteiger partial charge in [-0.1, -0.05) is 51.1 Å². The maximum Gasteiger partial charge on any atom is 0.206 e. The van der Waals surface area contributed by atoms with Crippen LogP contribution in [-0.2, 0) is 9.16 Å². The molecule has 0 radical (unpaired) electrons. The van der Waals surface area contributed by atoms with E-state index in [4.69, 9.17) is 9.16 Å². The van der Waals surface area contributed by atoms with Crippen LogP contribution in [0.2, 0.25) is 18.1 Å². The largest absolute Gasteiger partial charge is 0.413 e. The molecule has 0 bridgehead atoms. The number of rotatable bonds is 4. The van der Waals surface area contributed by atoms with E-state index in [9.17, 15) is 4.79 Å². The highest BCUT2D eigenvalue weighted by Crippen LogP contribution is 2.39. The van der Waals surface area contributed by atoms with Gasteiger partial charge in [0.05, 0.1) is 12.7 Å². The number of Topliss-reactive ketones (excluding diaryl/α,β-unsaturated/α-hetero) is 1. The number of nitrogens with zero attached hydrogens (tertiary/aromatic N) is 1. The summed E-state index contributed by atoms with van der Waals surface area (Å²) in [6.07, 6.45) is 2.90. The molecule has 3 atom stereocenters. The molecular formula is C21H33NO3Si. The molecule has 5 heteroatoms. The molecule has 2 fully saturated rings. The first-order chi connectivity index (χ1) is 12.2. The van der Waals surface area contributed by atoms with Crippen LogP contribution in [0, 0.1) is 0 Å². The Labute approximate surface area is 159 Å². The number of benzene rings is 1. The highest BCUT2D eigenvalue weighted by molar-refractivity contribution is 6.74. The zero-order valence-corrected chi connectivity index (χ0v) is 17.8. The highest BCUT2D eigenvalue weighted by atomic mass is 28.4. The molecule has 1 aromatic rings. The number of carbonyl (C=O) groups excluding carboxylic acids is 1. The van der Waals surface area contributed by atoms with Gasteiger partial charge in [0.2, 0.25) is 5.78 Å². The van der Waals surface area contributed by atoms with Gasteiger partial charge in [0, 0.05) is 18.2 Å². The molecule has 0 unspecified atom stereocenters. The average Bonchev–Trinajstić information content (AvgIpc) is 2.60. The van der Waals surface area contributed by atoms with E-state index in [2.05, 4.69) is 38.8 Å². The molecule has 2 heterocycles. The number of ether oxygens (including phenoxy) is 1. The van der Waals surface area contributed by atoms with Crippen molar-refractivity contribution >= 4 is 14.1 Å². The summed E-state index contributed by atoms with van der Waals surface area (Å²) in [4.78, 5) is 15.3. The molecule has 2 aliphatic heterocycles. The van der Waals surface area contributed by atoms with E-state index in [-0.39, 0.29) is 16.9 Å². The predicted molar refractivity (Wildman–Crippen MR) is 107 cm³/mol. The van der Waals surface area contributed by atoms with Gasteiger partial charge in [-0.05, 0) is 37.4 Å². The molecule has 0 aromatic heterocycles. The van der Waals surface area contributed by atoms with E-state index in [0.717, 1.165) is 31.4 Å². The average molecular weight is 376 g/mol. The minimum Gasteiger partial charge on any atom is -0.413 e. The quantitative estimate of drug-likeness (QED) is 0.575. The first kappa shape index (κ1) is 19.7. The lowest BCUT2D eigenvalue weighted by molar-refractivity contribution is -0.126. The Morgan fingerprint density at radius 3 is 2.50 bits per heavy atom. The number of hydrogen-bond donors (Lipinski definition) is 0. The molecule has 2 saturated heterocycles. The monoisotopic (exact) mass is 375 g/mol. The van der Waals surface area contributed by atoms with Crippen molar-refractivity contribution in [1.82, 2.24) is 4.90 Å². The zero-order valence-electron chi connectivity index (χ0n) is 16.8. The van der Waals surface area contributed by atoms with E-state index in [1.807, 2.05) is 30.3 Å². The van der Waals surface area contributed by atoms with Crippen molar-refractivity contribution in [2.24, 2.45) is 0 Å². The second kappa shape index (κ2) is 7.54. The third kappa shape index (κ3) is 4.11. The van der Waals surface area contributed by atoms with E-state index in [1.54, 1.807) is 0 Å². The van der Waals surface area contributed by atoms with Gasteiger partial charge in [0.15, 0.2) is 14.5 Å². The third-order valence-corrected chi connectivity index (χ3v) is 10.8. The fourth-order valence-corrected chi connectivity index (χ4v) is 5.07. The summed E-state index contributed by atoms with van der Waals surface area (Å²) in [6, 6.07) is 9.94. The van der Waals surface area contributed by atoms with E-state index in [0.29, 0.717) is 12.6 Å². The molecule has 0 amide bonds. The van der Waals surface area contributed by atoms with Gasteiger partial charge >= 0.3 is 0 Å². The van der Waals surface area contributed by atoms with Crippen LogP contribution in [0.5, 0.6) is 0 Å². The van der Waals surface area contributed by atoms with Gasteiger partial charge in [-0.25, -0.2) is 0 Å². The molecule has 1 aromatic carbocycles. The Hall–Kier alpha value is -1.01. The fraction of sp³-hybridized carbons (Fsp3) is 0.667. The third-order valence-electron chi connectivity index (χ3n) is 6.28. The van der Waals surface area contributed by atoms with Crippen LogP contribution >= 0.6 is 0 Å². The van der Waals surface area contributed by atoms with Gasteiger partial charge in [-0.2, -0.15) is 0 Å². The molecule has 0 spiro atoms. The normalized spacial score (nSPS) is 27.8. The van der Waals surface area contributed by atoms with Crippen molar-refractivity contribution < 1.29 is 14.0 Å². The van der Waals surface area contributed by atoms with Crippen molar-refractivity contribution in [3.8, 4) is 0 Å². The van der Waals surface area contributed by atoms with Gasteiger partial charge in [-0.15, -0.1) is 0 Å². The van der Waals surface area contributed by atoms with Gasteiger partial charge in [-0.3, -0.25) is 9.69 Å². The highest BCUT2D eigenvalue weighted by Gasteiger charge is 2.44. The van der Waals surface area contributed by atoms with Crippen LogP contribution in [0.15, 0.2) is 30.3 Å². The Morgan fingerprint density at radius 2 is 1.85 bits per heavy atom. The van der Waals surface area contributed by atoms with Crippen LogP contribution in [0.1, 0.15) is 50.4 Å². The Kier molecular flexibility index (Phi) is 5.73. The van der Waals surface area contributed by atoms with Gasteiger partial charge in [0.25, 0.3) is 0 Å². The number of ketones is 1. The topological polar surface area (TPSA) is 38.8 Å². The maximum atomic E-state index is 13.0. The van der Waals surface area contributed by atoms with E-state index >= 15 is 0 Å².